The molecule has 2 rings (SSSR count). The quantitative estimate of drug-likeness (QED) is 0.776. The van der Waals surface area contributed by atoms with Gasteiger partial charge in [0, 0.05) is 6.54 Å². The van der Waals surface area contributed by atoms with E-state index in [0.717, 1.165) is 5.56 Å². The zero-order valence-corrected chi connectivity index (χ0v) is 12.1. The van der Waals surface area contributed by atoms with Gasteiger partial charge in [-0.3, -0.25) is 0 Å². The summed E-state index contributed by atoms with van der Waals surface area (Å²) in [5, 5.41) is 0. The van der Waals surface area contributed by atoms with Crippen molar-refractivity contribution in [3.8, 4) is 0 Å². The highest BCUT2D eigenvalue weighted by atomic mass is 19.1. The summed E-state index contributed by atoms with van der Waals surface area (Å²) in [4.78, 5) is 13.3. The van der Waals surface area contributed by atoms with E-state index < -0.39 is 11.7 Å². The highest BCUT2D eigenvalue weighted by Crippen LogP contribution is 2.28. The van der Waals surface area contributed by atoms with E-state index in [-0.39, 0.29) is 12.4 Å². The Balaban J connectivity index is 2.09. The van der Waals surface area contributed by atoms with E-state index >= 15 is 0 Å². The van der Waals surface area contributed by atoms with Crippen molar-refractivity contribution >= 4 is 11.7 Å². The van der Waals surface area contributed by atoms with E-state index in [4.69, 9.17) is 4.74 Å². The molecule has 3 nitrogen and oxygen atoms in total. The Morgan fingerprint density at radius 1 is 1.25 bits per heavy atom. The standard InChI is InChI=1S/C16H20FNO2/c1-16(2,3)20-15(19)18-10-9-13(14(17)11-18)12-7-5-4-6-8-12/h4-8H,9-11H2,1-3H3. The van der Waals surface area contributed by atoms with Gasteiger partial charge in [0.1, 0.15) is 11.4 Å². The smallest absolute Gasteiger partial charge is 0.410 e. The van der Waals surface area contributed by atoms with Crippen LogP contribution < -0.4 is 0 Å². The average molecular weight is 277 g/mol. The van der Waals surface area contributed by atoms with Gasteiger partial charge in [-0.05, 0) is 38.3 Å². The lowest BCUT2D eigenvalue weighted by Crippen LogP contribution is -2.40. The van der Waals surface area contributed by atoms with E-state index in [1.165, 1.54) is 4.90 Å². The molecule has 0 bridgehead atoms. The third-order valence-corrected chi connectivity index (χ3v) is 3.06. The van der Waals surface area contributed by atoms with Crippen LogP contribution in [-0.4, -0.2) is 29.7 Å². The Hall–Kier alpha value is -1.84. The van der Waals surface area contributed by atoms with E-state index in [9.17, 15) is 9.18 Å². The van der Waals surface area contributed by atoms with Crippen molar-refractivity contribution in [3.05, 3.63) is 41.7 Å². The minimum absolute atomic E-state index is 0.0147. The molecule has 0 atom stereocenters. The van der Waals surface area contributed by atoms with Gasteiger partial charge in [-0.25, -0.2) is 9.18 Å². The number of hydrogen-bond acceptors (Lipinski definition) is 2. The molecule has 0 unspecified atom stereocenters. The molecule has 1 aliphatic heterocycles. The molecule has 0 radical (unpaired) electrons. The summed E-state index contributed by atoms with van der Waals surface area (Å²) >= 11 is 0. The van der Waals surface area contributed by atoms with Crippen LogP contribution in [0.5, 0.6) is 0 Å². The normalized spacial score (nSPS) is 16.3. The van der Waals surface area contributed by atoms with E-state index in [2.05, 4.69) is 0 Å². The molecule has 1 heterocycles. The summed E-state index contributed by atoms with van der Waals surface area (Å²) in [6, 6.07) is 9.44. The maximum atomic E-state index is 14.2. The van der Waals surface area contributed by atoms with Gasteiger partial charge in [0.05, 0.1) is 6.54 Å². The number of ether oxygens (including phenoxy) is 1. The third-order valence-electron chi connectivity index (χ3n) is 3.06. The van der Waals surface area contributed by atoms with E-state index in [1.807, 2.05) is 30.3 Å². The maximum absolute atomic E-state index is 14.2. The fourth-order valence-electron chi connectivity index (χ4n) is 2.15. The first kappa shape index (κ1) is 14.6. The molecule has 1 aliphatic rings. The van der Waals surface area contributed by atoms with Gasteiger partial charge in [0.25, 0.3) is 0 Å². The van der Waals surface area contributed by atoms with Crippen LogP contribution in [0.4, 0.5) is 9.18 Å². The molecular formula is C16H20FNO2. The monoisotopic (exact) mass is 277 g/mol. The molecule has 0 saturated heterocycles. The SMILES string of the molecule is CC(C)(C)OC(=O)N1CCC(c2ccccc2)=C(F)C1. The van der Waals surface area contributed by atoms with Gasteiger partial charge in [0.2, 0.25) is 0 Å². The summed E-state index contributed by atoms with van der Waals surface area (Å²) in [7, 11) is 0. The third kappa shape index (κ3) is 3.59. The summed E-state index contributed by atoms with van der Waals surface area (Å²) in [6.07, 6.45) is 0.0505. The van der Waals surface area contributed by atoms with Crippen molar-refractivity contribution < 1.29 is 13.9 Å². The second kappa shape index (κ2) is 5.65. The van der Waals surface area contributed by atoms with Gasteiger partial charge < -0.3 is 9.64 Å². The van der Waals surface area contributed by atoms with Crippen LogP contribution in [0.15, 0.2) is 36.2 Å². The van der Waals surface area contributed by atoms with Crippen LogP contribution in [-0.2, 0) is 4.74 Å². The number of halogens is 1. The van der Waals surface area contributed by atoms with E-state index in [1.54, 1.807) is 20.8 Å². The van der Waals surface area contributed by atoms with Gasteiger partial charge in [-0.2, -0.15) is 0 Å². The summed E-state index contributed by atoms with van der Waals surface area (Å²) in [5.41, 5.74) is 1.01. The van der Waals surface area contributed by atoms with Crippen molar-refractivity contribution in [2.24, 2.45) is 0 Å². The minimum atomic E-state index is -0.559. The lowest BCUT2D eigenvalue weighted by molar-refractivity contribution is 0.0254. The summed E-state index contributed by atoms with van der Waals surface area (Å²) < 4.78 is 19.5. The number of hydrogen-bond donors (Lipinski definition) is 0. The number of rotatable bonds is 1. The largest absolute Gasteiger partial charge is 0.444 e. The zero-order chi connectivity index (χ0) is 14.8. The molecule has 0 saturated carbocycles. The van der Waals surface area contributed by atoms with Crippen LogP contribution in [0.1, 0.15) is 32.8 Å². The van der Waals surface area contributed by atoms with Crippen LogP contribution in [0.3, 0.4) is 0 Å². The predicted octanol–water partition coefficient (Wildman–Crippen LogP) is 4.01. The maximum Gasteiger partial charge on any atom is 0.410 e. The summed E-state index contributed by atoms with van der Waals surface area (Å²) in [6.45, 7) is 5.87. The van der Waals surface area contributed by atoms with Crippen LogP contribution in [0.25, 0.3) is 5.57 Å². The van der Waals surface area contributed by atoms with Crippen molar-refractivity contribution in [2.75, 3.05) is 13.1 Å². The number of benzene rings is 1. The Labute approximate surface area is 119 Å². The first-order valence-electron chi connectivity index (χ1n) is 6.78. The highest BCUT2D eigenvalue weighted by molar-refractivity contribution is 5.73. The molecule has 0 fully saturated rings. The van der Waals surface area contributed by atoms with E-state index in [0.29, 0.717) is 18.5 Å². The molecule has 0 aliphatic carbocycles. The molecular weight excluding hydrogens is 257 g/mol. The Morgan fingerprint density at radius 3 is 2.45 bits per heavy atom. The highest BCUT2D eigenvalue weighted by Gasteiger charge is 2.27. The van der Waals surface area contributed by atoms with Crippen LogP contribution >= 0.6 is 0 Å². The number of carbonyl (C=O) groups is 1. The minimum Gasteiger partial charge on any atom is -0.444 e. The molecule has 4 heteroatoms. The predicted molar refractivity (Wildman–Crippen MR) is 76.9 cm³/mol. The van der Waals surface area contributed by atoms with Gasteiger partial charge >= 0.3 is 6.09 Å². The molecule has 0 aromatic heterocycles. The Morgan fingerprint density at radius 2 is 1.90 bits per heavy atom. The molecule has 1 aromatic carbocycles. The van der Waals surface area contributed by atoms with Crippen molar-refractivity contribution in [1.29, 1.82) is 0 Å². The summed E-state index contributed by atoms with van der Waals surface area (Å²) in [5.74, 6) is -0.256. The molecule has 0 N–H and O–H groups in total. The second-order valence-corrected chi connectivity index (χ2v) is 5.90. The number of amides is 1. The second-order valence-electron chi connectivity index (χ2n) is 5.90. The van der Waals surface area contributed by atoms with Gasteiger partial charge in [-0.15, -0.1) is 0 Å². The van der Waals surface area contributed by atoms with Crippen molar-refractivity contribution in [2.45, 2.75) is 32.8 Å². The lowest BCUT2D eigenvalue weighted by atomic mass is 9.99. The molecule has 108 valence electrons. The first-order valence-corrected chi connectivity index (χ1v) is 6.78. The Kier molecular flexibility index (Phi) is 4.12. The molecule has 1 amide bonds. The lowest BCUT2D eigenvalue weighted by Gasteiger charge is -2.30. The molecule has 1 aromatic rings. The number of nitrogens with zero attached hydrogens (tertiary/aromatic N) is 1. The van der Waals surface area contributed by atoms with Gasteiger partial charge in [-0.1, -0.05) is 30.3 Å². The van der Waals surface area contributed by atoms with Crippen molar-refractivity contribution in [1.82, 2.24) is 4.90 Å². The van der Waals surface area contributed by atoms with Crippen LogP contribution in [0, 0.1) is 0 Å². The number of carbonyl (C=O) groups excluding carboxylic acids is 1. The average Bonchev–Trinajstić information content (AvgIpc) is 2.37. The first-order chi connectivity index (χ1) is 9.37. The fraction of sp³-hybridized carbons (Fsp3) is 0.438. The zero-order valence-electron chi connectivity index (χ0n) is 12.1. The molecule has 0 spiro atoms. The van der Waals surface area contributed by atoms with Crippen molar-refractivity contribution in [3.63, 3.8) is 0 Å². The van der Waals surface area contributed by atoms with Gasteiger partial charge in [0.15, 0.2) is 0 Å². The van der Waals surface area contributed by atoms with Crippen LogP contribution in [0.2, 0.25) is 0 Å². The molecule has 20 heavy (non-hydrogen) atoms. The topological polar surface area (TPSA) is 29.5 Å². The fourth-order valence-corrected chi connectivity index (χ4v) is 2.15. The Bertz CT molecular complexity index is 517.